The molecule has 0 saturated carbocycles. The Hall–Kier alpha value is -1.45. The van der Waals surface area contributed by atoms with Crippen LogP contribution in [0.25, 0.3) is 0 Å². The summed E-state index contributed by atoms with van der Waals surface area (Å²) in [4.78, 5) is 22.3. The highest BCUT2D eigenvalue weighted by Gasteiger charge is 2.43. The fourth-order valence-corrected chi connectivity index (χ4v) is 5.34. The van der Waals surface area contributed by atoms with Gasteiger partial charge in [0.1, 0.15) is 5.25 Å². The maximum atomic E-state index is 13.2. The van der Waals surface area contributed by atoms with Gasteiger partial charge in [-0.05, 0) is 17.7 Å². The average Bonchev–Trinajstić information content (AvgIpc) is 3.23. The van der Waals surface area contributed by atoms with E-state index in [4.69, 9.17) is 11.6 Å². The maximum Gasteiger partial charge on any atom is 0.264 e. The van der Waals surface area contributed by atoms with Crippen molar-refractivity contribution in [2.45, 2.75) is 29.8 Å². The van der Waals surface area contributed by atoms with Crippen LogP contribution in [0.15, 0.2) is 29.4 Å². The molecule has 28 heavy (non-hydrogen) atoms. The number of fused-ring (bicyclic) bond motifs is 1. The van der Waals surface area contributed by atoms with Crippen molar-refractivity contribution in [1.29, 1.82) is 0 Å². The van der Waals surface area contributed by atoms with Gasteiger partial charge in [-0.1, -0.05) is 42.4 Å². The summed E-state index contributed by atoms with van der Waals surface area (Å²) in [5, 5.41) is 14.6. The van der Waals surface area contributed by atoms with Crippen LogP contribution in [0, 0.1) is 0 Å². The zero-order valence-electron chi connectivity index (χ0n) is 15.8. The number of hydrogen-bond donors (Lipinski definition) is 1. The minimum Gasteiger partial charge on any atom is -0.395 e. The summed E-state index contributed by atoms with van der Waals surface area (Å²) in [6, 6.07) is 7.68. The van der Waals surface area contributed by atoms with Gasteiger partial charge in [0.2, 0.25) is 0 Å². The van der Waals surface area contributed by atoms with Crippen molar-refractivity contribution >= 4 is 29.3 Å². The van der Waals surface area contributed by atoms with E-state index in [0.717, 1.165) is 31.7 Å². The number of β-amino-alcohol motifs (C(OH)–C–C–N with tert-alkyl or cyclic N) is 1. The molecule has 1 aromatic heterocycles. The zero-order chi connectivity index (χ0) is 19.7. The molecule has 9 heteroatoms. The van der Waals surface area contributed by atoms with Crippen molar-refractivity contribution in [3.8, 4) is 0 Å². The van der Waals surface area contributed by atoms with E-state index in [9.17, 15) is 9.90 Å². The lowest BCUT2D eigenvalue weighted by molar-refractivity contribution is 0.0688. The van der Waals surface area contributed by atoms with E-state index in [-0.39, 0.29) is 23.8 Å². The molecule has 2 aliphatic heterocycles. The number of halogens is 1. The SMILES string of the molecule is CCc1nc2n(n1)C(=O)C(C(c1cccc(Cl)c1)N1CCN(CCO)CC1)S2. The van der Waals surface area contributed by atoms with Crippen LogP contribution in [0.1, 0.15) is 29.1 Å². The number of carbonyl (C=O) groups excluding carboxylic acids is 1. The van der Waals surface area contributed by atoms with Gasteiger partial charge in [0, 0.05) is 44.2 Å². The summed E-state index contributed by atoms with van der Waals surface area (Å²) in [5.41, 5.74) is 1.04. The first-order valence-corrected chi connectivity index (χ1v) is 10.9. The van der Waals surface area contributed by atoms with Gasteiger partial charge in [-0.2, -0.15) is 4.68 Å². The van der Waals surface area contributed by atoms with Gasteiger partial charge in [-0.15, -0.1) is 5.10 Å². The lowest BCUT2D eigenvalue weighted by Gasteiger charge is -2.40. The van der Waals surface area contributed by atoms with Crippen LogP contribution < -0.4 is 0 Å². The van der Waals surface area contributed by atoms with Crippen LogP contribution in [0.5, 0.6) is 0 Å². The molecule has 4 rings (SSSR count). The van der Waals surface area contributed by atoms with Crippen molar-refractivity contribution in [1.82, 2.24) is 24.6 Å². The van der Waals surface area contributed by atoms with Gasteiger partial charge in [-0.25, -0.2) is 4.98 Å². The van der Waals surface area contributed by atoms with Crippen molar-refractivity contribution in [2.75, 3.05) is 39.3 Å². The second-order valence-corrected chi connectivity index (χ2v) is 8.60. The molecule has 0 bridgehead atoms. The standard InChI is InChI=1S/C19H24ClN5O2S/c1-2-15-21-19-25(22-15)18(27)17(28-19)16(13-4-3-5-14(20)12-13)24-8-6-23(7-9-24)10-11-26/h3-5,12,16-17,26H,2,6-11H2,1H3. The lowest BCUT2D eigenvalue weighted by Crippen LogP contribution is -2.51. The molecule has 1 fully saturated rings. The number of nitrogens with zero attached hydrogens (tertiary/aromatic N) is 5. The number of thioether (sulfide) groups is 1. The first-order valence-electron chi connectivity index (χ1n) is 9.60. The fourth-order valence-electron chi connectivity index (χ4n) is 3.87. The molecule has 2 atom stereocenters. The number of aliphatic hydroxyl groups is 1. The third-order valence-corrected chi connectivity index (χ3v) is 6.74. The monoisotopic (exact) mass is 421 g/mol. The Balaban J connectivity index is 1.61. The summed E-state index contributed by atoms with van der Waals surface area (Å²) in [6.45, 7) is 6.23. The van der Waals surface area contributed by atoms with E-state index >= 15 is 0 Å². The predicted octanol–water partition coefficient (Wildman–Crippen LogP) is 1.96. The van der Waals surface area contributed by atoms with Gasteiger partial charge in [-0.3, -0.25) is 14.6 Å². The molecule has 0 aliphatic carbocycles. The minimum atomic E-state index is -0.302. The number of carbonyl (C=O) groups is 1. The summed E-state index contributed by atoms with van der Waals surface area (Å²) < 4.78 is 1.47. The Bertz CT molecular complexity index is 853. The van der Waals surface area contributed by atoms with E-state index in [0.29, 0.717) is 29.0 Å². The normalized spacial score (nSPS) is 21.8. The van der Waals surface area contributed by atoms with Crippen molar-refractivity contribution < 1.29 is 9.90 Å². The van der Waals surface area contributed by atoms with Crippen LogP contribution in [-0.2, 0) is 6.42 Å². The molecular formula is C19H24ClN5O2S. The van der Waals surface area contributed by atoms with E-state index in [1.165, 1.54) is 16.4 Å². The first kappa shape index (κ1) is 19.8. The number of aryl methyl sites for hydroxylation is 1. The van der Waals surface area contributed by atoms with E-state index < -0.39 is 0 Å². The highest BCUT2D eigenvalue weighted by atomic mass is 35.5. The molecule has 1 saturated heterocycles. The molecule has 3 heterocycles. The van der Waals surface area contributed by atoms with Crippen molar-refractivity contribution in [3.63, 3.8) is 0 Å². The summed E-state index contributed by atoms with van der Waals surface area (Å²) >= 11 is 7.76. The number of rotatable bonds is 6. The number of aliphatic hydroxyl groups excluding tert-OH is 1. The third kappa shape index (κ3) is 3.84. The Labute approximate surface area is 173 Å². The second kappa shape index (κ2) is 8.51. The topological polar surface area (TPSA) is 74.5 Å². The molecule has 2 aromatic rings. The number of benzene rings is 1. The minimum absolute atomic E-state index is 0.0186. The Kier molecular flexibility index (Phi) is 6.03. The Morgan fingerprint density at radius 2 is 2.11 bits per heavy atom. The molecule has 0 spiro atoms. The van der Waals surface area contributed by atoms with E-state index in [1.54, 1.807) is 0 Å². The number of aromatic nitrogens is 3. The van der Waals surface area contributed by atoms with E-state index in [2.05, 4.69) is 19.9 Å². The molecule has 150 valence electrons. The van der Waals surface area contributed by atoms with Crippen molar-refractivity contribution in [2.24, 2.45) is 0 Å². The first-order chi connectivity index (χ1) is 13.6. The molecule has 0 radical (unpaired) electrons. The summed E-state index contributed by atoms with van der Waals surface area (Å²) in [5.74, 6) is 0.682. The predicted molar refractivity (Wildman–Crippen MR) is 109 cm³/mol. The lowest BCUT2D eigenvalue weighted by atomic mass is 10.00. The molecular weight excluding hydrogens is 398 g/mol. The molecule has 0 amide bonds. The van der Waals surface area contributed by atoms with Gasteiger partial charge in [0.15, 0.2) is 11.0 Å². The van der Waals surface area contributed by atoms with Gasteiger partial charge < -0.3 is 5.11 Å². The quantitative estimate of drug-likeness (QED) is 0.764. The number of hydrogen-bond acceptors (Lipinski definition) is 7. The third-order valence-electron chi connectivity index (χ3n) is 5.32. The Morgan fingerprint density at radius 3 is 2.75 bits per heavy atom. The fraction of sp³-hybridized carbons (Fsp3) is 0.526. The largest absolute Gasteiger partial charge is 0.395 e. The van der Waals surface area contributed by atoms with Crippen molar-refractivity contribution in [3.05, 3.63) is 40.7 Å². The van der Waals surface area contributed by atoms with Crippen LogP contribution in [-0.4, -0.2) is 80.2 Å². The average molecular weight is 422 g/mol. The van der Waals surface area contributed by atoms with Crippen LogP contribution >= 0.6 is 23.4 Å². The molecule has 7 nitrogen and oxygen atoms in total. The van der Waals surface area contributed by atoms with Gasteiger partial charge in [0.05, 0.1) is 12.6 Å². The highest BCUT2D eigenvalue weighted by molar-refractivity contribution is 8.00. The molecule has 2 unspecified atom stereocenters. The zero-order valence-corrected chi connectivity index (χ0v) is 17.4. The van der Waals surface area contributed by atoms with Gasteiger partial charge in [0.25, 0.3) is 5.91 Å². The summed E-state index contributed by atoms with van der Waals surface area (Å²) in [7, 11) is 0. The molecule has 1 aromatic carbocycles. The second-order valence-electron chi connectivity index (χ2n) is 7.05. The molecule has 2 aliphatic rings. The van der Waals surface area contributed by atoms with Gasteiger partial charge >= 0.3 is 0 Å². The maximum absolute atomic E-state index is 13.2. The van der Waals surface area contributed by atoms with Crippen LogP contribution in [0.3, 0.4) is 0 Å². The smallest absolute Gasteiger partial charge is 0.264 e. The van der Waals surface area contributed by atoms with E-state index in [1.807, 2.05) is 31.2 Å². The Morgan fingerprint density at radius 1 is 1.32 bits per heavy atom. The van der Waals surface area contributed by atoms with Crippen LogP contribution in [0.2, 0.25) is 5.02 Å². The summed E-state index contributed by atoms with van der Waals surface area (Å²) in [6.07, 6.45) is 0.711. The molecule has 1 N–H and O–H groups in total. The highest BCUT2D eigenvalue weighted by Crippen LogP contribution is 2.41. The number of piperazine rings is 1. The van der Waals surface area contributed by atoms with Crippen LogP contribution in [0.4, 0.5) is 0 Å².